The highest BCUT2D eigenvalue weighted by Gasteiger charge is 2.39. The van der Waals surface area contributed by atoms with Crippen LogP contribution < -0.4 is 0 Å². The Balaban J connectivity index is 0.000000795. The van der Waals surface area contributed by atoms with Gasteiger partial charge in [-0.2, -0.15) is 5.10 Å². The summed E-state index contributed by atoms with van der Waals surface area (Å²) in [5.74, 6) is 1.29. The molecule has 0 saturated carbocycles. The van der Waals surface area contributed by atoms with Gasteiger partial charge in [0, 0.05) is 4.57 Å². The first-order valence-corrected chi connectivity index (χ1v) is 12.8. The molecule has 0 radical (unpaired) electrons. The zero-order chi connectivity index (χ0) is 25.1. The van der Waals surface area contributed by atoms with Gasteiger partial charge in [-0.05, 0) is 41.5 Å². The molecule has 0 aliphatic carbocycles. The summed E-state index contributed by atoms with van der Waals surface area (Å²) in [5, 5.41) is 4.97. The second-order valence-electron chi connectivity index (χ2n) is 8.04. The number of hydrogen-bond acceptors (Lipinski definition) is 3. The number of benzene rings is 3. The van der Waals surface area contributed by atoms with E-state index >= 15 is 0 Å². The summed E-state index contributed by atoms with van der Waals surface area (Å²) in [7, 11) is -2.87. The minimum atomic E-state index is -2.87. The van der Waals surface area contributed by atoms with E-state index in [1.54, 1.807) is 0 Å². The van der Waals surface area contributed by atoms with E-state index in [0.29, 0.717) is 5.92 Å². The molecule has 0 unspecified atom stereocenters. The lowest BCUT2D eigenvalue weighted by Gasteiger charge is -2.35. The van der Waals surface area contributed by atoms with E-state index in [2.05, 4.69) is 122 Å². The fourth-order valence-electron chi connectivity index (χ4n) is 4.23. The molecule has 0 saturated heterocycles. The Morgan fingerprint density at radius 3 is 1.60 bits per heavy atom. The monoisotopic (exact) mass is 488 g/mol. The minimum Gasteiger partial charge on any atom is -0.233 e. The van der Waals surface area contributed by atoms with Crippen molar-refractivity contribution in [1.29, 1.82) is 0 Å². The van der Waals surface area contributed by atoms with Crippen molar-refractivity contribution in [3.05, 3.63) is 126 Å². The average Bonchev–Trinajstić information content (AvgIpc) is 3.36. The average molecular weight is 489 g/mol. The van der Waals surface area contributed by atoms with Crippen LogP contribution in [0.2, 0.25) is 0 Å². The van der Waals surface area contributed by atoms with Gasteiger partial charge in [-0.15, -0.1) is 9.79 Å². The first-order valence-electron chi connectivity index (χ1n) is 11.6. The van der Waals surface area contributed by atoms with Crippen LogP contribution in [0.25, 0.3) is 6.08 Å². The van der Waals surface area contributed by atoms with E-state index in [1.165, 1.54) is 0 Å². The van der Waals surface area contributed by atoms with Crippen LogP contribution in [0.5, 0.6) is 0 Å². The molecule has 4 rings (SSSR count). The molecule has 3 aromatic carbocycles. The van der Waals surface area contributed by atoms with Crippen LogP contribution in [0.3, 0.4) is 0 Å². The van der Waals surface area contributed by atoms with Crippen molar-refractivity contribution < 1.29 is 14.4 Å². The summed E-state index contributed by atoms with van der Waals surface area (Å²) in [4.78, 5) is 18.9. The second-order valence-corrected chi connectivity index (χ2v) is 8.55. The lowest BCUT2D eigenvalue weighted by atomic mass is 9.77. The van der Waals surface area contributed by atoms with Gasteiger partial charge >= 0.3 is 8.25 Å². The molecule has 0 spiro atoms. The zero-order valence-corrected chi connectivity index (χ0v) is 20.9. The fourth-order valence-corrected chi connectivity index (χ4v) is 4.23. The van der Waals surface area contributed by atoms with Gasteiger partial charge in [-0.3, -0.25) is 0 Å². The summed E-state index contributed by atoms with van der Waals surface area (Å²) < 4.78 is 10.7. The Kier molecular flexibility index (Phi) is 9.62. The fraction of sp³-hybridized carbons (Fsp3) is 0.214. The van der Waals surface area contributed by atoms with Crippen LogP contribution in [-0.4, -0.2) is 24.6 Å². The Hall–Kier alpha value is -3.44. The van der Waals surface area contributed by atoms with Crippen molar-refractivity contribution in [3.63, 3.8) is 0 Å². The molecule has 1 heterocycles. The van der Waals surface area contributed by atoms with Crippen molar-refractivity contribution in [2.75, 3.05) is 0 Å². The van der Waals surface area contributed by atoms with Gasteiger partial charge in [0.05, 0.1) is 0 Å². The molecule has 1 aromatic heterocycles. The number of aromatic nitrogens is 3. The highest BCUT2D eigenvalue weighted by atomic mass is 31.1. The maximum atomic E-state index is 8.70. The molecule has 2 N–H and O–H groups in total. The van der Waals surface area contributed by atoms with Crippen molar-refractivity contribution >= 4 is 14.3 Å². The van der Waals surface area contributed by atoms with E-state index in [9.17, 15) is 0 Å². The smallest absolute Gasteiger partial charge is 0.233 e. The Morgan fingerprint density at radius 2 is 1.23 bits per heavy atom. The third kappa shape index (κ3) is 6.37. The van der Waals surface area contributed by atoms with Crippen LogP contribution >= 0.6 is 8.25 Å². The lowest BCUT2D eigenvalue weighted by molar-refractivity contribution is 0.405. The van der Waals surface area contributed by atoms with Gasteiger partial charge < -0.3 is 0 Å². The standard InChI is InChI=1S/C28H29N3.HO3P/c1-3-23(4-2)20-21-27-29-22-31(30-27)28(24-14-8-5-9-15-24,25-16-10-6-11-17-25)26-18-12-7-13-19-26;1-4(2)3/h5-23H,3-4H2,1-2H3;(H-,1,2,3)/p+1. The molecular weight excluding hydrogens is 457 g/mol. The Bertz CT molecular complexity index is 1110. The second kappa shape index (κ2) is 12.9. The van der Waals surface area contributed by atoms with Gasteiger partial charge in [0.1, 0.15) is 11.9 Å². The lowest BCUT2D eigenvalue weighted by Crippen LogP contribution is -2.38. The van der Waals surface area contributed by atoms with Gasteiger partial charge in [-0.1, -0.05) is 111 Å². The zero-order valence-electron chi connectivity index (χ0n) is 20.0. The summed E-state index contributed by atoms with van der Waals surface area (Å²) in [6.45, 7) is 4.44. The van der Waals surface area contributed by atoms with E-state index in [1.807, 2.05) is 11.0 Å². The van der Waals surface area contributed by atoms with Gasteiger partial charge in [-0.25, -0.2) is 9.67 Å². The van der Waals surface area contributed by atoms with Crippen LogP contribution in [0, 0.1) is 5.92 Å². The third-order valence-corrected chi connectivity index (χ3v) is 5.99. The van der Waals surface area contributed by atoms with Crippen LogP contribution in [0.15, 0.2) is 103 Å². The van der Waals surface area contributed by atoms with Crippen molar-refractivity contribution in [2.24, 2.45) is 5.92 Å². The topological polar surface area (TPSA) is 88.2 Å². The van der Waals surface area contributed by atoms with E-state index in [0.717, 1.165) is 35.4 Å². The minimum absolute atomic E-state index is 0.550. The van der Waals surface area contributed by atoms with E-state index < -0.39 is 13.8 Å². The highest BCUT2D eigenvalue weighted by Crippen LogP contribution is 2.40. The number of rotatable bonds is 8. The number of allylic oxidation sites excluding steroid dienone is 1. The molecule has 6 nitrogen and oxygen atoms in total. The molecule has 180 valence electrons. The van der Waals surface area contributed by atoms with Crippen LogP contribution in [-0.2, 0) is 10.1 Å². The summed E-state index contributed by atoms with van der Waals surface area (Å²) >= 11 is 0. The molecule has 0 atom stereocenters. The van der Waals surface area contributed by atoms with Gasteiger partial charge in [0.25, 0.3) is 0 Å². The van der Waals surface area contributed by atoms with Crippen LogP contribution in [0.1, 0.15) is 49.2 Å². The molecule has 0 fully saturated rings. The molecule has 0 aliphatic rings. The van der Waals surface area contributed by atoms with Crippen molar-refractivity contribution in [1.82, 2.24) is 14.8 Å². The molecule has 0 aliphatic heterocycles. The molecule has 0 amide bonds. The molecule has 7 heteroatoms. The SMILES string of the molecule is CCC(C=Cc1ncn(C(c2ccccc2)(c2ccccc2)c2ccccc2)n1)CC.O=[P+](O)O. The maximum absolute atomic E-state index is 8.70. The summed E-state index contributed by atoms with van der Waals surface area (Å²) in [5.41, 5.74) is 2.83. The number of nitrogens with zero attached hydrogens (tertiary/aromatic N) is 3. The molecule has 35 heavy (non-hydrogen) atoms. The largest absolute Gasteiger partial charge is 0.692 e. The summed E-state index contributed by atoms with van der Waals surface area (Å²) in [6.07, 6.45) is 8.39. The van der Waals surface area contributed by atoms with Crippen molar-refractivity contribution in [3.8, 4) is 0 Å². The highest BCUT2D eigenvalue weighted by molar-refractivity contribution is 7.30. The Labute approximate surface area is 207 Å². The van der Waals surface area contributed by atoms with Crippen LogP contribution in [0.4, 0.5) is 0 Å². The van der Waals surface area contributed by atoms with Crippen molar-refractivity contribution in [2.45, 2.75) is 32.2 Å². The van der Waals surface area contributed by atoms with E-state index in [4.69, 9.17) is 19.5 Å². The van der Waals surface area contributed by atoms with Gasteiger partial charge in [0.2, 0.25) is 0 Å². The molecule has 0 bridgehead atoms. The third-order valence-electron chi connectivity index (χ3n) is 5.99. The Morgan fingerprint density at radius 1 is 0.829 bits per heavy atom. The molecular formula is C28H31N3O3P+. The quantitative estimate of drug-likeness (QED) is 0.228. The first-order chi connectivity index (χ1) is 17.0. The normalized spacial score (nSPS) is 11.3. The summed E-state index contributed by atoms with van der Waals surface area (Å²) in [6, 6.07) is 31.7. The van der Waals surface area contributed by atoms with E-state index in [-0.39, 0.29) is 0 Å². The first kappa shape index (κ1) is 26.2. The number of hydrogen-bond donors (Lipinski definition) is 2. The van der Waals surface area contributed by atoms with Gasteiger partial charge in [0.15, 0.2) is 5.82 Å². The maximum Gasteiger partial charge on any atom is 0.692 e. The predicted molar refractivity (Wildman–Crippen MR) is 140 cm³/mol. The predicted octanol–water partition coefficient (Wildman–Crippen LogP) is 6.20. The molecule has 4 aromatic rings.